The molecule has 2 saturated heterocycles. The van der Waals surface area contributed by atoms with E-state index in [-0.39, 0.29) is 5.41 Å². The van der Waals surface area contributed by atoms with Crippen LogP contribution in [0.25, 0.3) is 0 Å². The smallest absolute Gasteiger partial charge is 0.229 e. The summed E-state index contributed by atoms with van der Waals surface area (Å²) in [6, 6.07) is 0. The number of rotatable bonds is 2. The van der Waals surface area contributed by atoms with Crippen molar-refractivity contribution in [3.05, 3.63) is 12.7 Å². The zero-order chi connectivity index (χ0) is 10.7. The molecule has 15 heavy (non-hydrogen) atoms. The Labute approximate surface area is 91.5 Å². The SMILES string of the molecule is C=CCN1CCCC2(CCNCC2)C1=O. The fourth-order valence-corrected chi connectivity index (χ4v) is 2.85. The van der Waals surface area contributed by atoms with Gasteiger partial charge in [0.2, 0.25) is 5.91 Å². The molecule has 0 bridgehead atoms. The van der Waals surface area contributed by atoms with Crippen LogP contribution in [0.2, 0.25) is 0 Å². The van der Waals surface area contributed by atoms with Crippen LogP contribution in [0.5, 0.6) is 0 Å². The van der Waals surface area contributed by atoms with Crippen LogP contribution in [-0.2, 0) is 4.79 Å². The minimum absolute atomic E-state index is 0.0352. The number of carbonyl (C=O) groups is 1. The summed E-state index contributed by atoms with van der Waals surface area (Å²) in [6.07, 6.45) is 6.09. The van der Waals surface area contributed by atoms with Gasteiger partial charge >= 0.3 is 0 Å². The van der Waals surface area contributed by atoms with E-state index in [0.29, 0.717) is 12.5 Å². The molecular formula is C12H20N2O. The molecule has 1 amide bonds. The Morgan fingerprint density at radius 2 is 2.13 bits per heavy atom. The molecule has 1 N–H and O–H groups in total. The standard InChI is InChI=1S/C12H20N2O/c1-2-9-14-10-3-4-12(11(14)15)5-7-13-8-6-12/h2,13H,1,3-10H2. The molecule has 1 spiro atoms. The Hall–Kier alpha value is -0.830. The van der Waals surface area contributed by atoms with Crippen molar-refractivity contribution in [2.24, 2.45) is 5.41 Å². The summed E-state index contributed by atoms with van der Waals surface area (Å²) in [4.78, 5) is 14.3. The maximum atomic E-state index is 12.3. The van der Waals surface area contributed by atoms with E-state index in [0.717, 1.165) is 45.3 Å². The van der Waals surface area contributed by atoms with Gasteiger partial charge in [0.15, 0.2) is 0 Å². The predicted molar refractivity (Wildman–Crippen MR) is 60.5 cm³/mol. The number of hydrogen-bond acceptors (Lipinski definition) is 2. The molecule has 0 aliphatic carbocycles. The summed E-state index contributed by atoms with van der Waals surface area (Å²) in [6.45, 7) is 7.34. The highest BCUT2D eigenvalue weighted by Gasteiger charge is 2.43. The van der Waals surface area contributed by atoms with E-state index < -0.39 is 0 Å². The van der Waals surface area contributed by atoms with Crippen LogP contribution in [0.4, 0.5) is 0 Å². The van der Waals surface area contributed by atoms with E-state index in [1.54, 1.807) is 0 Å². The Morgan fingerprint density at radius 1 is 1.40 bits per heavy atom. The number of piperidine rings is 2. The van der Waals surface area contributed by atoms with Crippen LogP contribution in [0, 0.1) is 5.41 Å². The van der Waals surface area contributed by atoms with Crippen LogP contribution in [0.15, 0.2) is 12.7 Å². The van der Waals surface area contributed by atoms with Crippen LogP contribution < -0.4 is 5.32 Å². The highest BCUT2D eigenvalue weighted by Crippen LogP contribution is 2.38. The average Bonchev–Trinajstić information content (AvgIpc) is 2.27. The van der Waals surface area contributed by atoms with Gasteiger partial charge in [-0.25, -0.2) is 0 Å². The van der Waals surface area contributed by atoms with Gasteiger partial charge in [-0.3, -0.25) is 4.79 Å². The normalized spacial score (nSPS) is 25.6. The minimum atomic E-state index is -0.0352. The first-order valence-electron chi connectivity index (χ1n) is 5.89. The molecule has 0 aromatic rings. The number of hydrogen-bond donors (Lipinski definition) is 1. The van der Waals surface area contributed by atoms with Crippen molar-refractivity contribution in [1.82, 2.24) is 10.2 Å². The lowest BCUT2D eigenvalue weighted by atomic mass is 9.72. The van der Waals surface area contributed by atoms with Gasteiger partial charge in [0.05, 0.1) is 5.41 Å². The van der Waals surface area contributed by atoms with Gasteiger partial charge in [0.25, 0.3) is 0 Å². The molecule has 0 saturated carbocycles. The number of likely N-dealkylation sites (tertiary alicyclic amines) is 1. The second-order valence-electron chi connectivity index (χ2n) is 4.67. The third kappa shape index (κ3) is 1.93. The van der Waals surface area contributed by atoms with Crippen molar-refractivity contribution in [2.75, 3.05) is 26.2 Å². The molecule has 0 radical (unpaired) electrons. The molecule has 0 atom stereocenters. The Morgan fingerprint density at radius 3 is 2.80 bits per heavy atom. The Balaban J connectivity index is 2.10. The van der Waals surface area contributed by atoms with Crippen LogP contribution in [0.3, 0.4) is 0 Å². The van der Waals surface area contributed by atoms with E-state index in [4.69, 9.17) is 0 Å². The number of nitrogens with zero attached hydrogens (tertiary/aromatic N) is 1. The molecule has 0 unspecified atom stereocenters. The molecule has 3 heteroatoms. The van der Waals surface area contributed by atoms with Crippen molar-refractivity contribution in [1.29, 1.82) is 0 Å². The number of amides is 1. The third-order valence-electron chi connectivity index (χ3n) is 3.73. The fourth-order valence-electron chi connectivity index (χ4n) is 2.85. The summed E-state index contributed by atoms with van der Waals surface area (Å²) in [5.41, 5.74) is -0.0352. The first kappa shape index (κ1) is 10.7. The number of carbonyl (C=O) groups excluding carboxylic acids is 1. The van der Waals surface area contributed by atoms with Gasteiger partial charge in [-0.2, -0.15) is 0 Å². The van der Waals surface area contributed by atoms with E-state index in [2.05, 4.69) is 11.9 Å². The van der Waals surface area contributed by atoms with Crippen molar-refractivity contribution in [3.63, 3.8) is 0 Å². The molecule has 0 aromatic carbocycles. The van der Waals surface area contributed by atoms with Gasteiger partial charge in [0.1, 0.15) is 0 Å². The maximum absolute atomic E-state index is 12.3. The van der Waals surface area contributed by atoms with Gasteiger partial charge < -0.3 is 10.2 Å². The lowest BCUT2D eigenvalue weighted by Crippen LogP contribution is -2.52. The van der Waals surface area contributed by atoms with Crippen LogP contribution in [0.1, 0.15) is 25.7 Å². The van der Waals surface area contributed by atoms with E-state index in [9.17, 15) is 4.79 Å². The Bertz CT molecular complexity index is 251. The molecule has 0 aromatic heterocycles. The summed E-state index contributed by atoms with van der Waals surface area (Å²) in [5.74, 6) is 0.371. The largest absolute Gasteiger partial charge is 0.339 e. The average molecular weight is 208 g/mol. The molecule has 3 nitrogen and oxygen atoms in total. The van der Waals surface area contributed by atoms with E-state index in [1.807, 2.05) is 11.0 Å². The quantitative estimate of drug-likeness (QED) is 0.691. The molecule has 84 valence electrons. The summed E-state index contributed by atoms with van der Waals surface area (Å²) in [5, 5.41) is 3.33. The topological polar surface area (TPSA) is 32.3 Å². The van der Waals surface area contributed by atoms with Gasteiger partial charge in [-0.05, 0) is 38.8 Å². The second-order valence-corrected chi connectivity index (χ2v) is 4.67. The van der Waals surface area contributed by atoms with Gasteiger partial charge in [0, 0.05) is 13.1 Å². The van der Waals surface area contributed by atoms with E-state index in [1.165, 1.54) is 0 Å². The monoisotopic (exact) mass is 208 g/mol. The highest BCUT2D eigenvalue weighted by molar-refractivity contribution is 5.83. The predicted octanol–water partition coefficient (Wildman–Crippen LogP) is 1.16. The molecule has 2 heterocycles. The highest BCUT2D eigenvalue weighted by atomic mass is 16.2. The number of nitrogens with one attached hydrogen (secondary N) is 1. The molecule has 2 rings (SSSR count). The molecule has 2 aliphatic heterocycles. The second kappa shape index (κ2) is 4.35. The summed E-state index contributed by atoms with van der Waals surface area (Å²) >= 11 is 0. The summed E-state index contributed by atoms with van der Waals surface area (Å²) < 4.78 is 0. The van der Waals surface area contributed by atoms with Gasteiger partial charge in [-0.15, -0.1) is 6.58 Å². The van der Waals surface area contributed by atoms with Crippen molar-refractivity contribution in [3.8, 4) is 0 Å². The zero-order valence-electron chi connectivity index (χ0n) is 9.30. The molecule has 2 aliphatic rings. The van der Waals surface area contributed by atoms with E-state index >= 15 is 0 Å². The van der Waals surface area contributed by atoms with Crippen LogP contribution in [-0.4, -0.2) is 37.0 Å². The van der Waals surface area contributed by atoms with Crippen LogP contribution >= 0.6 is 0 Å². The lowest BCUT2D eigenvalue weighted by Gasteiger charge is -2.43. The molecular weight excluding hydrogens is 188 g/mol. The first-order chi connectivity index (χ1) is 7.28. The van der Waals surface area contributed by atoms with Crippen molar-refractivity contribution in [2.45, 2.75) is 25.7 Å². The van der Waals surface area contributed by atoms with Crippen molar-refractivity contribution >= 4 is 5.91 Å². The first-order valence-corrected chi connectivity index (χ1v) is 5.89. The zero-order valence-corrected chi connectivity index (χ0v) is 9.30. The third-order valence-corrected chi connectivity index (χ3v) is 3.73. The summed E-state index contributed by atoms with van der Waals surface area (Å²) in [7, 11) is 0. The lowest BCUT2D eigenvalue weighted by molar-refractivity contribution is -0.147. The van der Waals surface area contributed by atoms with Crippen molar-refractivity contribution < 1.29 is 4.79 Å². The maximum Gasteiger partial charge on any atom is 0.229 e. The Kier molecular flexibility index (Phi) is 3.10. The minimum Gasteiger partial charge on any atom is -0.339 e. The fraction of sp³-hybridized carbons (Fsp3) is 0.750. The van der Waals surface area contributed by atoms with Gasteiger partial charge in [-0.1, -0.05) is 6.08 Å². The molecule has 2 fully saturated rings.